The third-order valence-corrected chi connectivity index (χ3v) is 10.7. The lowest BCUT2D eigenvalue weighted by Gasteiger charge is -2.26. The number of para-hydroxylation sites is 1. The highest BCUT2D eigenvalue weighted by Crippen LogP contribution is 2.42. The Labute approximate surface area is 327 Å². The van der Waals surface area contributed by atoms with Crippen LogP contribution in [0.15, 0.2) is 229 Å². The molecule has 0 atom stereocenters. The molecule has 1 aromatic heterocycles. The van der Waals surface area contributed by atoms with Gasteiger partial charge in [-0.1, -0.05) is 176 Å². The van der Waals surface area contributed by atoms with Crippen LogP contribution in [0.3, 0.4) is 0 Å². The summed E-state index contributed by atoms with van der Waals surface area (Å²) in [5, 5.41) is 2.21. The van der Waals surface area contributed by atoms with Crippen molar-refractivity contribution in [1.82, 2.24) is 0 Å². The molecule has 2 heteroatoms. The summed E-state index contributed by atoms with van der Waals surface area (Å²) >= 11 is 0. The van der Waals surface area contributed by atoms with Gasteiger partial charge >= 0.3 is 0 Å². The Morgan fingerprint density at radius 2 is 0.607 bits per heavy atom. The first-order valence-electron chi connectivity index (χ1n) is 19.1. The number of nitrogens with zero attached hydrogens (tertiary/aromatic N) is 1. The van der Waals surface area contributed by atoms with Crippen LogP contribution in [0.2, 0.25) is 0 Å². The smallest absolute Gasteiger partial charge is 0.135 e. The number of hydrogen-bond donors (Lipinski definition) is 0. The summed E-state index contributed by atoms with van der Waals surface area (Å²) in [5.41, 5.74) is 17.0. The van der Waals surface area contributed by atoms with Crippen molar-refractivity contribution in [2.75, 3.05) is 4.90 Å². The normalized spacial score (nSPS) is 11.2. The van der Waals surface area contributed by atoms with Crippen LogP contribution in [-0.2, 0) is 0 Å². The lowest BCUT2D eigenvalue weighted by atomic mass is 9.89. The van der Waals surface area contributed by atoms with E-state index in [0.717, 1.165) is 44.6 Å². The van der Waals surface area contributed by atoms with Gasteiger partial charge in [-0.3, -0.25) is 0 Å². The molecule has 0 aliphatic carbocycles. The molecule has 1 heterocycles. The fourth-order valence-electron chi connectivity index (χ4n) is 8.04. The van der Waals surface area contributed by atoms with E-state index in [9.17, 15) is 0 Å². The maximum atomic E-state index is 6.24. The van der Waals surface area contributed by atoms with Crippen molar-refractivity contribution in [1.29, 1.82) is 0 Å². The van der Waals surface area contributed by atoms with Crippen LogP contribution < -0.4 is 4.90 Å². The molecule has 0 unspecified atom stereocenters. The van der Waals surface area contributed by atoms with Gasteiger partial charge in [0.1, 0.15) is 11.2 Å². The highest BCUT2D eigenvalue weighted by Gasteiger charge is 2.18. The third-order valence-electron chi connectivity index (χ3n) is 10.7. The van der Waals surface area contributed by atoms with Crippen molar-refractivity contribution in [3.05, 3.63) is 224 Å². The summed E-state index contributed by atoms with van der Waals surface area (Å²) in [7, 11) is 0. The first-order chi connectivity index (χ1) is 27.8. The fourth-order valence-corrected chi connectivity index (χ4v) is 8.04. The topological polar surface area (TPSA) is 16.4 Å². The predicted molar refractivity (Wildman–Crippen MR) is 236 cm³/mol. The first-order valence-corrected chi connectivity index (χ1v) is 19.1. The molecule has 0 N–H and O–H groups in total. The third kappa shape index (κ3) is 6.14. The Morgan fingerprint density at radius 1 is 0.250 bits per heavy atom. The van der Waals surface area contributed by atoms with E-state index in [1.165, 1.54) is 50.1 Å². The van der Waals surface area contributed by atoms with Crippen LogP contribution in [0.4, 0.5) is 17.1 Å². The van der Waals surface area contributed by atoms with Gasteiger partial charge in [0.15, 0.2) is 0 Å². The molecule has 10 rings (SSSR count). The quantitative estimate of drug-likeness (QED) is 0.156. The van der Waals surface area contributed by atoms with Gasteiger partial charge in [0.2, 0.25) is 0 Å². The Morgan fingerprint density at radius 3 is 1.11 bits per heavy atom. The van der Waals surface area contributed by atoms with E-state index in [1.54, 1.807) is 0 Å². The predicted octanol–water partition coefficient (Wildman–Crippen LogP) is 15.4. The molecule has 0 radical (unpaired) electrons. The zero-order valence-electron chi connectivity index (χ0n) is 30.7. The second kappa shape index (κ2) is 14.4. The summed E-state index contributed by atoms with van der Waals surface area (Å²) in [6, 6.07) is 80.0. The number of hydrogen-bond acceptors (Lipinski definition) is 2. The zero-order chi connectivity index (χ0) is 37.3. The number of anilines is 3. The highest BCUT2D eigenvalue weighted by molar-refractivity contribution is 6.06. The molecule has 0 saturated carbocycles. The molecule has 264 valence electrons. The number of fused-ring (bicyclic) bond motifs is 3. The molecule has 9 aromatic carbocycles. The standard InChI is InChI=1S/C54H37NO/c1-3-15-38(16-4-1)45-19-7-8-20-46(45)40-27-31-42(32-28-40)55(44-35-36-54-52(37-44)51-25-13-14-26-53(51)56-54)43-33-29-41(30-34-43)48-22-10-12-24-50(48)49-23-11-9-21-47(49)39-17-5-2-6-18-39/h1-37H. The van der Waals surface area contributed by atoms with Gasteiger partial charge in [0.05, 0.1) is 0 Å². The second-order valence-corrected chi connectivity index (χ2v) is 14.1. The van der Waals surface area contributed by atoms with E-state index in [4.69, 9.17) is 4.42 Å². The Bertz CT molecular complexity index is 2940. The van der Waals surface area contributed by atoms with E-state index in [-0.39, 0.29) is 0 Å². The Balaban J connectivity index is 1.07. The number of furan rings is 1. The lowest BCUT2D eigenvalue weighted by Crippen LogP contribution is -2.09. The molecule has 0 fully saturated rings. The van der Waals surface area contributed by atoms with Crippen LogP contribution in [0.25, 0.3) is 77.6 Å². The molecular formula is C54H37NO. The summed E-state index contributed by atoms with van der Waals surface area (Å²) in [6.45, 7) is 0. The first kappa shape index (κ1) is 33.2. The largest absolute Gasteiger partial charge is 0.456 e. The van der Waals surface area contributed by atoms with Crippen LogP contribution >= 0.6 is 0 Å². The molecule has 56 heavy (non-hydrogen) atoms. The average molecular weight is 716 g/mol. The Kier molecular flexibility index (Phi) is 8.55. The summed E-state index contributed by atoms with van der Waals surface area (Å²) in [6.07, 6.45) is 0. The monoisotopic (exact) mass is 715 g/mol. The van der Waals surface area contributed by atoms with E-state index in [1.807, 2.05) is 12.1 Å². The van der Waals surface area contributed by atoms with E-state index in [0.29, 0.717) is 0 Å². The molecule has 0 spiro atoms. The Hall–Kier alpha value is -7.42. The van der Waals surface area contributed by atoms with Gasteiger partial charge in [0.25, 0.3) is 0 Å². The van der Waals surface area contributed by atoms with Crippen LogP contribution in [-0.4, -0.2) is 0 Å². The average Bonchev–Trinajstić information content (AvgIpc) is 3.66. The minimum absolute atomic E-state index is 0.880. The summed E-state index contributed by atoms with van der Waals surface area (Å²) in [4.78, 5) is 2.34. The maximum absolute atomic E-state index is 6.24. The van der Waals surface area contributed by atoms with E-state index >= 15 is 0 Å². The van der Waals surface area contributed by atoms with Crippen molar-refractivity contribution in [2.24, 2.45) is 0 Å². The zero-order valence-corrected chi connectivity index (χ0v) is 30.7. The van der Waals surface area contributed by atoms with Gasteiger partial charge in [-0.05, 0) is 104 Å². The fraction of sp³-hybridized carbons (Fsp3) is 0. The van der Waals surface area contributed by atoms with Gasteiger partial charge in [-0.25, -0.2) is 0 Å². The SMILES string of the molecule is c1ccc(-c2ccccc2-c2ccc(N(c3ccc(-c4ccccc4-c4ccccc4-c4ccccc4)cc3)c3ccc4oc5ccccc5c4c3)cc2)cc1. The minimum Gasteiger partial charge on any atom is -0.456 e. The van der Waals surface area contributed by atoms with Crippen molar-refractivity contribution in [3.8, 4) is 55.6 Å². The van der Waals surface area contributed by atoms with Crippen molar-refractivity contribution in [2.45, 2.75) is 0 Å². The summed E-state index contributed by atoms with van der Waals surface area (Å²) < 4.78 is 6.24. The highest BCUT2D eigenvalue weighted by atomic mass is 16.3. The molecule has 2 nitrogen and oxygen atoms in total. The second-order valence-electron chi connectivity index (χ2n) is 14.1. The van der Waals surface area contributed by atoms with Crippen molar-refractivity contribution in [3.63, 3.8) is 0 Å². The van der Waals surface area contributed by atoms with E-state index < -0.39 is 0 Å². The molecule has 0 aliphatic rings. The number of rotatable bonds is 8. The molecule has 0 amide bonds. The van der Waals surface area contributed by atoms with Crippen LogP contribution in [0, 0.1) is 0 Å². The summed E-state index contributed by atoms with van der Waals surface area (Å²) in [5.74, 6) is 0. The van der Waals surface area contributed by atoms with Crippen LogP contribution in [0.1, 0.15) is 0 Å². The van der Waals surface area contributed by atoms with Crippen molar-refractivity contribution < 1.29 is 4.42 Å². The van der Waals surface area contributed by atoms with Gasteiger partial charge < -0.3 is 9.32 Å². The van der Waals surface area contributed by atoms with Gasteiger partial charge in [0, 0.05) is 27.8 Å². The minimum atomic E-state index is 0.880. The molecule has 0 saturated heterocycles. The molecule has 0 bridgehead atoms. The van der Waals surface area contributed by atoms with Gasteiger partial charge in [-0.15, -0.1) is 0 Å². The van der Waals surface area contributed by atoms with Crippen LogP contribution in [0.5, 0.6) is 0 Å². The maximum Gasteiger partial charge on any atom is 0.135 e. The molecule has 10 aromatic rings. The molecule has 0 aliphatic heterocycles. The van der Waals surface area contributed by atoms with E-state index in [2.05, 4.69) is 217 Å². The van der Waals surface area contributed by atoms with Gasteiger partial charge in [-0.2, -0.15) is 0 Å². The molecular weight excluding hydrogens is 679 g/mol. The van der Waals surface area contributed by atoms with Crippen molar-refractivity contribution >= 4 is 39.0 Å². The number of benzene rings is 9. The lowest BCUT2D eigenvalue weighted by molar-refractivity contribution is 0.669.